The molecule has 0 aromatic carbocycles. The van der Waals surface area contributed by atoms with Crippen molar-refractivity contribution in [1.82, 2.24) is 10.4 Å². The number of hydrogen-bond acceptors (Lipinski definition) is 2. The van der Waals surface area contributed by atoms with E-state index in [-0.39, 0.29) is 5.91 Å². The molecule has 17 heavy (non-hydrogen) atoms. The van der Waals surface area contributed by atoms with E-state index in [1.807, 2.05) is 0 Å². The summed E-state index contributed by atoms with van der Waals surface area (Å²) in [5, 5.41) is 1.72. The summed E-state index contributed by atoms with van der Waals surface area (Å²) in [6.07, 6.45) is 6.99. The third-order valence-electron chi connectivity index (χ3n) is 2.68. The van der Waals surface area contributed by atoms with Gasteiger partial charge in [0.2, 0.25) is 0 Å². The molecule has 3 nitrogen and oxygen atoms in total. The van der Waals surface area contributed by atoms with Crippen molar-refractivity contribution in [3.05, 3.63) is 12.2 Å². The van der Waals surface area contributed by atoms with Crippen molar-refractivity contribution >= 4 is 5.91 Å². The molecule has 3 heteroatoms. The molecule has 0 fully saturated rings. The average Bonchev–Trinajstić information content (AvgIpc) is 2.31. The van der Waals surface area contributed by atoms with Gasteiger partial charge in [0.25, 0.3) is 5.91 Å². The van der Waals surface area contributed by atoms with Crippen molar-refractivity contribution in [1.29, 1.82) is 0 Å². The highest BCUT2D eigenvalue weighted by atomic mass is 16.2. The van der Waals surface area contributed by atoms with Gasteiger partial charge >= 0.3 is 0 Å². The van der Waals surface area contributed by atoms with Gasteiger partial charge in [0.1, 0.15) is 0 Å². The number of carbonyl (C=O) groups excluding carboxylic acids is 1. The van der Waals surface area contributed by atoms with E-state index in [1.165, 1.54) is 19.3 Å². The fourth-order valence-electron chi connectivity index (χ4n) is 1.56. The Labute approximate surface area is 106 Å². The summed E-state index contributed by atoms with van der Waals surface area (Å²) in [7, 11) is 0. The number of hydrogen-bond donors (Lipinski definition) is 1. The van der Waals surface area contributed by atoms with Crippen LogP contribution in [0.15, 0.2) is 12.2 Å². The minimum Gasteiger partial charge on any atom is -0.274 e. The van der Waals surface area contributed by atoms with Crippen molar-refractivity contribution in [2.45, 2.75) is 59.3 Å². The van der Waals surface area contributed by atoms with Gasteiger partial charge < -0.3 is 0 Å². The molecule has 0 heterocycles. The Hall–Kier alpha value is -0.830. The maximum atomic E-state index is 11.8. The number of nitrogens with one attached hydrogen (secondary N) is 1. The van der Waals surface area contributed by atoms with Crippen LogP contribution in [0.5, 0.6) is 0 Å². The molecule has 0 saturated heterocycles. The van der Waals surface area contributed by atoms with Crippen molar-refractivity contribution in [3.63, 3.8) is 0 Å². The number of nitrogens with zero attached hydrogens (tertiary/aromatic N) is 1. The molecule has 0 aromatic heterocycles. The first-order valence-corrected chi connectivity index (χ1v) is 6.84. The molecule has 0 aliphatic carbocycles. The average molecular weight is 240 g/mol. The van der Waals surface area contributed by atoms with E-state index in [2.05, 4.69) is 25.9 Å². The second kappa shape index (κ2) is 10.3. The van der Waals surface area contributed by atoms with Crippen molar-refractivity contribution in [3.8, 4) is 0 Å². The van der Waals surface area contributed by atoms with E-state index in [0.29, 0.717) is 5.57 Å². The molecular formula is C14H28N2O. The molecule has 1 N–H and O–H groups in total. The standard InChI is InChI=1S/C14H28N2O/c1-5-7-9-10-11-15-16(12-8-6-2)14(17)13(3)4/h15H,3,5-12H2,1-2,4H3. The Bertz CT molecular complexity index is 226. The first-order chi connectivity index (χ1) is 8.13. The summed E-state index contributed by atoms with van der Waals surface area (Å²) in [6, 6.07) is 0. The van der Waals surface area contributed by atoms with Gasteiger partial charge in [-0.3, -0.25) is 9.80 Å². The molecule has 0 aliphatic heterocycles. The number of unbranched alkanes of at least 4 members (excludes halogenated alkanes) is 4. The Morgan fingerprint density at radius 1 is 1.12 bits per heavy atom. The van der Waals surface area contributed by atoms with Crippen LogP contribution in [0.1, 0.15) is 59.3 Å². The highest BCUT2D eigenvalue weighted by molar-refractivity contribution is 5.91. The predicted molar refractivity (Wildman–Crippen MR) is 73.6 cm³/mol. The monoisotopic (exact) mass is 240 g/mol. The second-order valence-electron chi connectivity index (χ2n) is 4.56. The molecule has 0 spiro atoms. The van der Waals surface area contributed by atoms with Gasteiger partial charge in [-0.15, -0.1) is 0 Å². The van der Waals surface area contributed by atoms with Crippen LogP contribution in [0, 0.1) is 0 Å². The van der Waals surface area contributed by atoms with Crippen molar-refractivity contribution in [2.75, 3.05) is 13.1 Å². The molecule has 0 rings (SSSR count). The zero-order chi connectivity index (χ0) is 13.1. The van der Waals surface area contributed by atoms with Gasteiger partial charge in [-0.2, -0.15) is 0 Å². The van der Waals surface area contributed by atoms with Gasteiger partial charge in [-0.1, -0.05) is 46.1 Å². The zero-order valence-corrected chi connectivity index (χ0v) is 11.7. The van der Waals surface area contributed by atoms with Crippen LogP contribution >= 0.6 is 0 Å². The van der Waals surface area contributed by atoms with Gasteiger partial charge in [-0.25, -0.2) is 5.43 Å². The number of carbonyl (C=O) groups is 1. The van der Waals surface area contributed by atoms with Crippen LogP contribution in [0.3, 0.4) is 0 Å². The summed E-state index contributed by atoms with van der Waals surface area (Å²) in [4.78, 5) is 11.8. The maximum absolute atomic E-state index is 11.8. The highest BCUT2D eigenvalue weighted by Crippen LogP contribution is 2.01. The van der Waals surface area contributed by atoms with E-state index >= 15 is 0 Å². The summed E-state index contributed by atoms with van der Waals surface area (Å²) < 4.78 is 0. The van der Waals surface area contributed by atoms with Crippen LogP contribution < -0.4 is 5.43 Å². The fraction of sp³-hybridized carbons (Fsp3) is 0.786. The Kier molecular flexibility index (Phi) is 9.83. The molecule has 100 valence electrons. The SMILES string of the molecule is C=C(C)C(=O)N(CCCC)NCCCCCC. The van der Waals surface area contributed by atoms with Gasteiger partial charge in [0.05, 0.1) is 0 Å². The third kappa shape index (κ3) is 7.97. The van der Waals surface area contributed by atoms with Gasteiger partial charge in [0.15, 0.2) is 0 Å². The Balaban J connectivity index is 3.93. The summed E-state index contributed by atoms with van der Waals surface area (Å²) in [5.41, 5.74) is 3.82. The van der Waals surface area contributed by atoms with Crippen LogP contribution in [-0.2, 0) is 4.79 Å². The number of hydrazine groups is 1. The first-order valence-electron chi connectivity index (χ1n) is 6.84. The largest absolute Gasteiger partial charge is 0.274 e. The van der Waals surface area contributed by atoms with Crippen LogP contribution in [0.25, 0.3) is 0 Å². The molecule has 0 aromatic rings. The van der Waals surface area contributed by atoms with E-state index in [9.17, 15) is 4.79 Å². The molecule has 1 amide bonds. The quantitative estimate of drug-likeness (QED) is 0.361. The molecule has 0 atom stereocenters. The smallest absolute Gasteiger partial charge is 0.262 e. The second-order valence-corrected chi connectivity index (χ2v) is 4.56. The van der Waals surface area contributed by atoms with Crippen molar-refractivity contribution < 1.29 is 4.79 Å². The predicted octanol–water partition coefficient (Wildman–Crippen LogP) is 3.28. The summed E-state index contributed by atoms with van der Waals surface area (Å²) in [5.74, 6) is 0.0222. The zero-order valence-electron chi connectivity index (χ0n) is 11.7. The van der Waals surface area contributed by atoms with E-state index < -0.39 is 0 Å². The van der Waals surface area contributed by atoms with Gasteiger partial charge in [0, 0.05) is 18.7 Å². The number of amides is 1. The first kappa shape index (κ1) is 16.2. The molecule has 0 unspecified atom stereocenters. The molecule has 0 bridgehead atoms. The lowest BCUT2D eigenvalue weighted by atomic mass is 10.2. The summed E-state index contributed by atoms with van der Waals surface area (Å²) >= 11 is 0. The van der Waals surface area contributed by atoms with Crippen LogP contribution in [0.4, 0.5) is 0 Å². The molecular weight excluding hydrogens is 212 g/mol. The van der Waals surface area contributed by atoms with E-state index in [0.717, 1.165) is 32.4 Å². The molecule has 0 aliphatic rings. The maximum Gasteiger partial charge on any atom is 0.262 e. The van der Waals surface area contributed by atoms with Gasteiger partial charge in [-0.05, 0) is 19.8 Å². The fourth-order valence-corrected chi connectivity index (χ4v) is 1.56. The normalized spacial score (nSPS) is 10.3. The lowest BCUT2D eigenvalue weighted by Gasteiger charge is -2.23. The topological polar surface area (TPSA) is 32.3 Å². The van der Waals surface area contributed by atoms with E-state index in [4.69, 9.17) is 0 Å². The Morgan fingerprint density at radius 2 is 1.76 bits per heavy atom. The Morgan fingerprint density at radius 3 is 2.29 bits per heavy atom. The van der Waals surface area contributed by atoms with Crippen molar-refractivity contribution in [2.24, 2.45) is 0 Å². The lowest BCUT2D eigenvalue weighted by Crippen LogP contribution is -2.44. The van der Waals surface area contributed by atoms with Crippen LogP contribution in [0.2, 0.25) is 0 Å². The minimum atomic E-state index is 0.0222. The highest BCUT2D eigenvalue weighted by Gasteiger charge is 2.12. The molecule has 0 radical (unpaired) electrons. The van der Waals surface area contributed by atoms with Crippen LogP contribution in [-0.4, -0.2) is 24.0 Å². The molecule has 0 saturated carbocycles. The number of rotatable bonds is 10. The lowest BCUT2D eigenvalue weighted by molar-refractivity contribution is -0.130. The third-order valence-corrected chi connectivity index (χ3v) is 2.68. The van der Waals surface area contributed by atoms with E-state index in [1.54, 1.807) is 11.9 Å². The minimum absolute atomic E-state index is 0.0222. The summed E-state index contributed by atoms with van der Waals surface area (Å²) in [6.45, 7) is 11.5.